The number of carboxylic acids is 1. The van der Waals surface area contributed by atoms with Crippen LogP contribution in [0.15, 0.2) is 24.3 Å². The van der Waals surface area contributed by atoms with Crippen molar-refractivity contribution in [1.29, 1.82) is 0 Å². The monoisotopic (exact) mass is 305 g/mol. The topological polar surface area (TPSA) is 57.6 Å². The van der Waals surface area contributed by atoms with Crippen LogP contribution in [0.5, 0.6) is 0 Å². The Hall–Kier alpha value is -2.12. The second-order valence-corrected chi connectivity index (χ2v) is 4.71. The van der Waals surface area contributed by atoms with Crippen LogP contribution in [0.3, 0.4) is 0 Å². The van der Waals surface area contributed by atoms with Crippen molar-refractivity contribution in [2.75, 3.05) is 11.4 Å². The van der Waals surface area contributed by atoms with Gasteiger partial charge in [0.1, 0.15) is 0 Å². The van der Waals surface area contributed by atoms with Gasteiger partial charge in [0.25, 0.3) is 0 Å². The fourth-order valence-electron chi connectivity index (χ4n) is 2.23. The number of benzene rings is 1. The number of halogens is 4. The van der Waals surface area contributed by atoms with Gasteiger partial charge >= 0.3 is 24.2 Å². The number of hydrogen-bond acceptors (Lipinski definition) is 2. The summed E-state index contributed by atoms with van der Waals surface area (Å²) in [6.07, 6.45) is -4.10. The lowest BCUT2D eigenvalue weighted by Gasteiger charge is -2.34. The molecule has 1 aliphatic heterocycles. The summed E-state index contributed by atoms with van der Waals surface area (Å²) in [6, 6.07) is 5.82. The van der Waals surface area contributed by atoms with Crippen molar-refractivity contribution in [2.45, 2.75) is 18.8 Å². The normalized spacial score (nSPS) is 18.5. The molecule has 1 unspecified atom stereocenters. The number of amides is 1. The van der Waals surface area contributed by atoms with Crippen LogP contribution in [0.25, 0.3) is 0 Å². The number of alkyl halides is 4. The van der Waals surface area contributed by atoms with E-state index in [1.54, 1.807) is 6.07 Å². The third-order valence-electron chi connectivity index (χ3n) is 3.31. The van der Waals surface area contributed by atoms with Crippen molar-refractivity contribution < 1.29 is 32.3 Å². The minimum absolute atomic E-state index is 0.0420. The minimum atomic E-state index is -4.85. The molecule has 114 valence electrons. The van der Waals surface area contributed by atoms with E-state index in [2.05, 4.69) is 0 Å². The van der Waals surface area contributed by atoms with Gasteiger partial charge in [0, 0.05) is 12.2 Å². The largest absolute Gasteiger partial charge is 0.481 e. The van der Waals surface area contributed by atoms with Crippen LogP contribution in [0.1, 0.15) is 5.56 Å². The molecule has 0 radical (unpaired) electrons. The van der Waals surface area contributed by atoms with Gasteiger partial charge in [-0.2, -0.15) is 8.78 Å². The maximum absolute atomic E-state index is 13.3. The van der Waals surface area contributed by atoms with Gasteiger partial charge < -0.3 is 10.0 Å². The first-order valence-corrected chi connectivity index (χ1v) is 6.03. The molecule has 1 N–H and O–H groups in total. The molecule has 21 heavy (non-hydrogen) atoms. The van der Waals surface area contributed by atoms with E-state index in [-0.39, 0.29) is 12.1 Å². The molecule has 1 amide bonds. The summed E-state index contributed by atoms with van der Waals surface area (Å²) in [4.78, 5) is 23.2. The van der Waals surface area contributed by atoms with E-state index in [0.717, 1.165) is 0 Å². The predicted octanol–water partition coefficient (Wildman–Crippen LogP) is 2.18. The Bertz CT molecular complexity index is 576. The molecule has 0 saturated carbocycles. The van der Waals surface area contributed by atoms with E-state index in [1.165, 1.54) is 18.2 Å². The van der Waals surface area contributed by atoms with E-state index >= 15 is 0 Å². The van der Waals surface area contributed by atoms with Crippen LogP contribution in [0, 0.1) is 5.92 Å². The van der Waals surface area contributed by atoms with Gasteiger partial charge in [0.2, 0.25) is 0 Å². The zero-order valence-electron chi connectivity index (χ0n) is 10.6. The van der Waals surface area contributed by atoms with Gasteiger partial charge in [-0.3, -0.25) is 9.59 Å². The second kappa shape index (κ2) is 5.34. The molecule has 2 rings (SSSR count). The van der Waals surface area contributed by atoms with Gasteiger partial charge in [-0.1, -0.05) is 18.2 Å². The van der Waals surface area contributed by atoms with Gasteiger partial charge in [-0.15, -0.1) is 0 Å². The summed E-state index contributed by atoms with van der Waals surface area (Å²) in [5.41, 5.74) is 0.398. The molecule has 4 nitrogen and oxygen atoms in total. The fraction of sp³-hybridized carbons (Fsp3) is 0.385. The summed E-state index contributed by atoms with van der Waals surface area (Å²) < 4.78 is 51.2. The molecular formula is C13H11F4NO3. The molecule has 1 atom stereocenters. The highest BCUT2D eigenvalue weighted by atomic mass is 19.3. The Morgan fingerprint density at radius 3 is 2.48 bits per heavy atom. The average molecular weight is 305 g/mol. The summed E-state index contributed by atoms with van der Waals surface area (Å²) >= 11 is 0. The molecule has 0 fully saturated rings. The molecule has 8 heteroatoms. The maximum Gasteiger partial charge on any atom is 0.384 e. The van der Waals surface area contributed by atoms with Crippen molar-refractivity contribution >= 4 is 17.6 Å². The first-order valence-electron chi connectivity index (χ1n) is 6.03. The van der Waals surface area contributed by atoms with Gasteiger partial charge in [-0.25, -0.2) is 8.78 Å². The lowest BCUT2D eigenvalue weighted by atomic mass is 9.92. The first kappa shape index (κ1) is 15.3. The summed E-state index contributed by atoms with van der Waals surface area (Å²) in [5.74, 6) is -9.33. The van der Waals surface area contributed by atoms with Crippen LogP contribution >= 0.6 is 0 Å². The third-order valence-corrected chi connectivity index (χ3v) is 3.31. The zero-order chi connectivity index (χ0) is 15.8. The quantitative estimate of drug-likeness (QED) is 0.871. The molecule has 0 spiro atoms. The molecule has 1 aromatic rings. The highest BCUT2D eigenvalue weighted by Crippen LogP contribution is 2.34. The van der Waals surface area contributed by atoms with Crippen LogP contribution in [0.2, 0.25) is 0 Å². The molecule has 0 aliphatic carbocycles. The summed E-state index contributed by atoms with van der Waals surface area (Å²) in [5, 5.41) is 9.00. The first-order chi connectivity index (χ1) is 9.75. The smallest absolute Gasteiger partial charge is 0.384 e. The van der Waals surface area contributed by atoms with E-state index in [9.17, 15) is 27.2 Å². The minimum Gasteiger partial charge on any atom is -0.481 e. The van der Waals surface area contributed by atoms with Crippen LogP contribution in [-0.2, 0) is 16.0 Å². The molecular weight excluding hydrogens is 294 g/mol. The molecule has 1 heterocycles. The van der Waals surface area contributed by atoms with Crippen molar-refractivity contribution in [1.82, 2.24) is 0 Å². The maximum atomic E-state index is 13.3. The lowest BCUT2D eigenvalue weighted by Crippen LogP contribution is -2.52. The second-order valence-electron chi connectivity index (χ2n) is 4.71. The fourth-order valence-corrected chi connectivity index (χ4v) is 2.23. The Morgan fingerprint density at radius 1 is 1.29 bits per heavy atom. The van der Waals surface area contributed by atoms with Crippen LogP contribution in [0.4, 0.5) is 23.2 Å². The number of anilines is 1. The number of rotatable bonds is 3. The van der Waals surface area contributed by atoms with E-state index in [0.29, 0.717) is 10.5 Å². The summed E-state index contributed by atoms with van der Waals surface area (Å²) in [6.45, 7) is -0.562. The van der Waals surface area contributed by atoms with Gasteiger partial charge in [0.15, 0.2) is 0 Å². The highest BCUT2D eigenvalue weighted by molar-refractivity contribution is 6.00. The molecule has 1 aliphatic rings. The number of hydrogen-bond donors (Lipinski definition) is 1. The number of carbonyl (C=O) groups is 2. The van der Waals surface area contributed by atoms with Gasteiger partial charge in [0.05, 0.1) is 5.92 Å². The van der Waals surface area contributed by atoms with Gasteiger partial charge in [-0.05, 0) is 18.1 Å². The number of aliphatic carboxylic acids is 1. The summed E-state index contributed by atoms with van der Waals surface area (Å²) in [7, 11) is 0. The predicted molar refractivity (Wildman–Crippen MR) is 64.6 cm³/mol. The Morgan fingerprint density at radius 2 is 1.90 bits per heavy atom. The van der Waals surface area contributed by atoms with E-state index in [1.807, 2.05) is 0 Å². The van der Waals surface area contributed by atoms with Crippen LogP contribution in [-0.4, -0.2) is 35.9 Å². The van der Waals surface area contributed by atoms with Crippen molar-refractivity contribution in [3.05, 3.63) is 29.8 Å². The number of fused-ring (bicyclic) bond motifs is 1. The van der Waals surface area contributed by atoms with Crippen molar-refractivity contribution in [3.63, 3.8) is 0 Å². The Balaban J connectivity index is 2.42. The van der Waals surface area contributed by atoms with E-state index < -0.39 is 36.7 Å². The number of nitrogens with zero attached hydrogens (tertiary/aromatic N) is 1. The zero-order valence-corrected chi connectivity index (χ0v) is 10.6. The third kappa shape index (κ3) is 2.70. The molecule has 1 aromatic carbocycles. The molecule has 0 bridgehead atoms. The van der Waals surface area contributed by atoms with E-state index in [4.69, 9.17) is 5.11 Å². The SMILES string of the molecule is O=C(O)C1Cc2ccccc2N(C(=O)C(F)(F)C(F)F)C1. The Kier molecular flexibility index (Phi) is 3.89. The highest BCUT2D eigenvalue weighted by Gasteiger charge is 2.52. The van der Waals surface area contributed by atoms with Crippen molar-refractivity contribution in [3.8, 4) is 0 Å². The lowest BCUT2D eigenvalue weighted by molar-refractivity contribution is -0.166. The number of carbonyl (C=O) groups excluding carboxylic acids is 1. The number of carboxylic acid groups (broad SMARTS) is 1. The van der Waals surface area contributed by atoms with Crippen molar-refractivity contribution in [2.24, 2.45) is 5.92 Å². The molecule has 0 saturated heterocycles. The Labute approximate surface area is 117 Å². The number of para-hydroxylation sites is 1. The molecule has 0 aromatic heterocycles. The standard InChI is InChI=1S/C13H11F4NO3/c14-11(15)13(16,17)12(21)18-6-8(10(19)20)5-7-3-1-2-4-9(7)18/h1-4,8,11H,5-6H2,(H,19,20). The average Bonchev–Trinajstić information content (AvgIpc) is 2.44. The van der Waals surface area contributed by atoms with Crippen LogP contribution < -0.4 is 4.90 Å².